The van der Waals surface area contributed by atoms with Gasteiger partial charge in [-0.25, -0.2) is 4.98 Å². The minimum Gasteiger partial charge on any atom is -0.378 e. The molecule has 2 rings (SSSR count). The van der Waals surface area contributed by atoms with Gasteiger partial charge >= 0.3 is 0 Å². The molecular formula is C13H16ClN3. The van der Waals surface area contributed by atoms with Gasteiger partial charge in [0.25, 0.3) is 0 Å². The number of anilines is 1. The third kappa shape index (κ3) is 2.44. The molecule has 0 atom stereocenters. The fourth-order valence-electron chi connectivity index (χ4n) is 1.68. The van der Waals surface area contributed by atoms with E-state index in [9.17, 15) is 0 Å². The predicted octanol–water partition coefficient (Wildman–Crippen LogP) is 3.19. The summed E-state index contributed by atoms with van der Waals surface area (Å²) in [6.07, 6.45) is 0. The molecule has 0 aliphatic rings. The van der Waals surface area contributed by atoms with Crippen LogP contribution in [-0.4, -0.2) is 24.1 Å². The highest BCUT2D eigenvalue weighted by atomic mass is 35.5. The van der Waals surface area contributed by atoms with Crippen molar-refractivity contribution in [3.05, 3.63) is 35.7 Å². The summed E-state index contributed by atoms with van der Waals surface area (Å²) in [4.78, 5) is 9.79. The minimum atomic E-state index is 0.443. The number of H-pyrrole nitrogens is 1. The van der Waals surface area contributed by atoms with E-state index in [1.54, 1.807) is 0 Å². The largest absolute Gasteiger partial charge is 0.378 e. The van der Waals surface area contributed by atoms with E-state index in [0.29, 0.717) is 5.88 Å². The van der Waals surface area contributed by atoms with E-state index in [1.165, 1.54) is 5.69 Å². The molecule has 1 aromatic carbocycles. The van der Waals surface area contributed by atoms with Gasteiger partial charge in [-0.1, -0.05) is 0 Å². The van der Waals surface area contributed by atoms with Crippen molar-refractivity contribution in [1.29, 1.82) is 0 Å². The number of rotatable bonds is 3. The molecule has 1 aromatic heterocycles. The van der Waals surface area contributed by atoms with Crippen molar-refractivity contribution >= 4 is 17.3 Å². The van der Waals surface area contributed by atoms with Gasteiger partial charge in [-0.3, -0.25) is 0 Å². The Balaban J connectivity index is 2.33. The third-order valence-corrected chi connectivity index (χ3v) is 3.02. The van der Waals surface area contributed by atoms with Gasteiger partial charge in [-0.05, 0) is 31.2 Å². The maximum absolute atomic E-state index is 5.81. The Bertz CT molecular complexity index is 500. The van der Waals surface area contributed by atoms with E-state index in [2.05, 4.69) is 39.1 Å². The first-order chi connectivity index (χ1) is 8.11. The molecule has 3 nitrogen and oxygen atoms in total. The van der Waals surface area contributed by atoms with Crippen LogP contribution < -0.4 is 4.90 Å². The Kier molecular flexibility index (Phi) is 3.38. The average molecular weight is 250 g/mol. The fourth-order valence-corrected chi connectivity index (χ4v) is 1.94. The summed E-state index contributed by atoms with van der Waals surface area (Å²) in [6.45, 7) is 1.99. The van der Waals surface area contributed by atoms with Crippen molar-refractivity contribution in [2.75, 3.05) is 19.0 Å². The first-order valence-electron chi connectivity index (χ1n) is 5.51. The highest BCUT2D eigenvalue weighted by Crippen LogP contribution is 2.21. The number of aromatic amines is 1. The van der Waals surface area contributed by atoms with Gasteiger partial charge in [0.15, 0.2) is 0 Å². The summed E-state index contributed by atoms with van der Waals surface area (Å²) in [5.74, 6) is 1.32. The molecule has 0 radical (unpaired) electrons. The van der Waals surface area contributed by atoms with E-state index in [-0.39, 0.29) is 0 Å². The topological polar surface area (TPSA) is 31.9 Å². The van der Waals surface area contributed by atoms with Gasteiger partial charge in [0.2, 0.25) is 0 Å². The number of nitrogens with zero attached hydrogens (tertiary/aromatic N) is 2. The zero-order chi connectivity index (χ0) is 12.4. The van der Waals surface area contributed by atoms with Crippen LogP contribution in [0.1, 0.15) is 11.4 Å². The van der Waals surface area contributed by atoms with E-state index in [1.807, 2.05) is 21.0 Å². The Morgan fingerprint density at radius 1 is 1.24 bits per heavy atom. The van der Waals surface area contributed by atoms with Crippen LogP contribution in [0.2, 0.25) is 0 Å². The van der Waals surface area contributed by atoms with E-state index >= 15 is 0 Å². The quantitative estimate of drug-likeness (QED) is 0.848. The van der Waals surface area contributed by atoms with Crippen molar-refractivity contribution in [3.8, 4) is 11.4 Å². The predicted molar refractivity (Wildman–Crippen MR) is 72.6 cm³/mol. The zero-order valence-electron chi connectivity index (χ0n) is 10.3. The number of alkyl halides is 1. The lowest BCUT2D eigenvalue weighted by molar-refractivity contribution is 1.13. The molecule has 2 aromatic rings. The lowest BCUT2D eigenvalue weighted by Crippen LogP contribution is -2.07. The molecule has 4 heteroatoms. The van der Waals surface area contributed by atoms with E-state index < -0.39 is 0 Å². The van der Waals surface area contributed by atoms with Gasteiger partial charge in [0.1, 0.15) is 5.82 Å². The Labute approximate surface area is 106 Å². The monoisotopic (exact) mass is 249 g/mol. The third-order valence-electron chi connectivity index (χ3n) is 2.77. The second kappa shape index (κ2) is 4.80. The van der Waals surface area contributed by atoms with Crippen molar-refractivity contribution < 1.29 is 0 Å². The number of aryl methyl sites for hydroxylation is 1. The van der Waals surface area contributed by atoms with E-state index in [0.717, 1.165) is 22.8 Å². The molecule has 0 spiro atoms. The maximum Gasteiger partial charge on any atom is 0.137 e. The van der Waals surface area contributed by atoms with Gasteiger partial charge in [0.05, 0.1) is 11.6 Å². The van der Waals surface area contributed by atoms with Crippen molar-refractivity contribution in [2.24, 2.45) is 0 Å². The summed E-state index contributed by atoms with van der Waals surface area (Å²) in [5, 5.41) is 0. The van der Waals surface area contributed by atoms with Crippen LogP contribution in [0.3, 0.4) is 0 Å². The van der Waals surface area contributed by atoms with Crippen LogP contribution in [0, 0.1) is 6.92 Å². The number of hydrogen-bond acceptors (Lipinski definition) is 2. The molecule has 0 aliphatic heterocycles. The molecule has 1 N–H and O–H groups in total. The zero-order valence-corrected chi connectivity index (χ0v) is 11.0. The maximum atomic E-state index is 5.81. The highest BCUT2D eigenvalue weighted by molar-refractivity contribution is 6.17. The van der Waals surface area contributed by atoms with Crippen LogP contribution in [0.5, 0.6) is 0 Å². The second-order valence-electron chi connectivity index (χ2n) is 4.23. The SMILES string of the molecule is Cc1[nH]c(-c2ccc(N(C)C)cc2)nc1CCl. The number of nitrogens with one attached hydrogen (secondary N) is 1. The molecule has 0 fully saturated rings. The second-order valence-corrected chi connectivity index (χ2v) is 4.50. The normalized spacial score (nSPS) is 10.6. The van der Waals surface area contributed by atoms with Crippen LogP contribution >= 0.6 is 11.6 Å². The van der Waals surface area contributed by atoms with Gasteiger partial charge in [0, 0.05) is 31.0 Å². The fraction of sp³-hybridized carbons (Fsp3) is 0.308. The lowest BCUT2D eigenvalue weighted by Gasteiger charge is -2.12. The molecule has 0 unspecified atom stereocenters. The van der Waals surface area contributed by atoms with Gasteiger partial charge in [-0.15, -0.1) is 11.6 Å². The van der Waals surface area contributed by atoms with Crippen LogP contribution in [0.25, 0.3) is 11.4 Å². The first-order valence-corrected chi connectivity index (χ1v) is 6.04. The molecule has 17 heavy (non-hydrogen) atoms. The molecule has 1 heterocycles. The first kappa shape index (κ1) is 12.0. The molecule has 0 saturated heterocycles. The van der Waals surface area contributed by atoms with Gasteiger partial charge < -0.3 is 9.88 Å². The number of benzene rings is 1. The molecule has 90 valence electrons. The summed E-state index contributed by atoms with van der Waals surface area (Å²) >= 11 is 5.81. The molecule has 0 aliphatic carbocycles. The number of aromatic nitrogens is 2. The van der Waals surface area contributed by atoms with Gasteiger partial charge in [-0.2, -0.15) is 0 Å². The van der Waals surface area contributed by atoms with Crippen LogP contribution in [0.15, 0.2) is 24.3 Å². The molecule has 0 bridgehead atoms. The molecular weight excluding hydrogens is 234 g/mol. The molecule has 0 amide bonds. The number of imidazole rings is 1. The van der Waals surface area contributed by atoms with Crippen molar-refractivity contribution in [3.63, 3.8) is 0 Å². The summed E-state index contributed by atoms with van der Waals surface area (Å²) in [5.41, 5.74) is 4.20. The standard InChI is InChI=1S/C13H16ClN3/c1-9-12(8-14)16-13(15-9)10-4-6-11(7-5-10)17(2)3/h4-7H,8H2,1-3H3,(H,15,16). The van der Waals surface area contributed by atoms with Crippen LogP contribution in [0.4, 0.5) is 5.69 Å². The van der Waals surface area contributed by atoms with Crippen molar-refractivity contribution in [2.45, 2.75) is 12.8 Å². The van der Waals surface area contributed by atoms with E-state index in [4.69, 9.17) is 11.6 Å². The Morgan fingerprint density at radius 3 is 2.35 bits per heavy atom. The van der Waals surface area contributed by atoms with Crippen molar-refractivity contribution in [1.82, 2.24) is 9.97 Å². The summed E-state index contributed by atoms with van der Waals surface area (Å²) in [6, 6.07) is 8.28. The Morgan fingerprint density at radius 2 is 1.88 bits per heavy atom. The summed E-state index contributed by atoms with van der Waals surface area (Å²) in [7, 11) is 4.05. The minimum absolute atomic E-state index is 0.443. The Hall–Kier alpha value is -1.48. The number of halogens is 1. The molecule has 0 saturated carbocycles. The summed E-state index contributed by atoms with van der Waals surface area (Å²) < 4.78 is 0. The number of hydrogen-bond donors (Lipinski definition) is 1. The van der Waals surface area contributed by atoms with Crippen LogP contribution in [-0.2, 0) is 5.88 Å². The average Bonchev–Trinajstić information content (AvgIpc) is 2.70. The smallest absolute Gasteiger partial charge is 0.137 e. The highest BCUT2D eigenvalue weighted by Gasteiger charge is 2.07. The lowest BCUT2D eigenvalue weighted by atomic mass is 10.2.